The molecule has 39 heavy (non-hydrogen) atoms. The molecule has 0 spiro atoms. The highest BCUT2D eigenvalue weighted by atomic mass is 32.2. The van der Waals surface area contributed by atoms with E-state index in [4.69, 9.17) is 10.2 Å². The van der Waals surface area contributed by atoms with Gasteiger partial charge in [-0.1, -0.05) is 42.5 Å². The summed E-state index contributed by atoms with van der Waals surface area (Å²) >= 11 is 1.05. The van der Waals surface area contributed by atoms with Crippen molar-refractivity contribution < 1.29 is 31.1 Å². The van der Waals surface area contributed by atoms with Crippen molar-refractivity contribution >= 4 is 47.3 Å². The molecule has 0 bridgehead atoms. The van der Waals surface area contributed by atoms with Crippen molar-refractivity contribution in [2.24, 2.45) is 5.14 Å². The molecule has 1 atom stereocenters. The molecule has 0 radical (unpaired) electrons. The van der Waals surface area contributed by atoms with Crippen molar-refractivity contribution in [2.45, 2.75) is 17.4 Å². The fraction of sp³-hybridized carbons (Fsp3) is 0.231. The van der Waals surface area contributed by atoms with Gasteiger partial charge >= 0.3 is 0 Å². The number of rotatable bonds is 11. The molecule has 1 unspecified atom stereocenters. The maximum atomic E-state index is 13.5. The molecule has 1 aromatic heterocycles. The number of hydrogen-bond donors (Lipinski definition) is 3. The van der Waals surface area contributed by atoms with Gasteiger partial charge in [-0.3, -0.25) is 4.79 Å². The van der Waals surface area contributed by atoms with Gasteiger partial charge in [-0.15, -0.1) is 11.3 Å². The first-order valence-electron chi connectivity index (χ1n) is 11.8. The molecule has 0 aliphatic rings. The number of hydrogen-bond acceptors (Lipinski definition) is 8. The number of primary sulfonamides is 1. The number of carbonyl (C=O) groups is 1. The summed E-state index contributed by atoms with van der Waals surface area (Å²) in [6.45, 7) is -0.322. The maximum Gasteiger partial charge on any atom is 0.245 e. The zero-order valence-electron chi connectivity index (χ0n) is 20.6. The summed E-state index contributed by atoms with van der Waals surface area (Å²) in [6.07, 6.45) is 0.546. The molecule has 1 heterocycles. The van der Waals surface area contributed by atoms with Gasteiger partial charge in [-0.05, 0) is 52.9 Å². The second-order valence-corrected chi connectivity index (χ2v) is 13.8. The van der Waals surface area contributed by atoms with Crippen LogP contribution in [0, 0.1) is 5.82 Å². The van der Waals surface area contributed by atoms with Crippen LogP contribution in [0.4, 0.5) is 4.39 Å². The number of aliphatic hydroxyl groups is 1. The van der Waals surface area contributed by atoms with Gasteiger partial charge in [0, 0.05) is 13.2 Å². The van der Waals surface area contributed by atoms with Gasteiger partial charge < -0.3 is 10.4 Å². The molecule has 3 aromatic carbocycles. The number of nitrogens with two attached hydrogens (primary N) is 1. The van der Waals surface area contributed by atoms with Gasteiger partial charge in [-0.2, -0.15) is 0 Å². The molecule has 0 aliphatic carbocycles. The Labute approximate surface area is 229 Å². The lowest BCUT2D eigenvalue weighted by Gasteiger charge is -2.15. The lowest BCUT2D eigenvalue weighted by molar-refractivity contribution is -0.120. The van der Waals surface area contributed by atoms with Crippen LogP contribution in [0.1, 0.15) is 21.4 Å². The number of thiazole rings is 1. The van der Waals surface area contributed by atoms with E-state index in [9.17, 15) is 26.0 Å². The van der Waals surface area contributed by atoms with E-state index < -0.39 is 48.3 Å². The normalized spacial score (nSPS) is 12.9. The van der Waals surface area contributed by atoms with Crippen LogP contribution in [0.5, 0.6) is 0 Å². The third kappa shape index (κ3) is 7.46. The number of amides is 1. The number of aliphatic hydroxyl groups excluding tert-OH is 1. The highest BCUT2D eigenvalue weighted by Gasteiger charge is 2.37. The Morgan fingerprint density at radius 2 is 1.62 bits per heavy atom. The fourth-order valence-electron chi connectivity index (χ4n) is 3.96. The molecule has 0 saturated heterocycles. The van der Waals surface area contributed by atoms with Crippen LogP contribution in [0.2, 0.25) is 0 Å². The van der Waals surface area contributed by atoms with Gasteiger partial charge in [0.05, 0.1) is 21.7 Å². The van der Waals surface area contributed by atoms with Crippen molar-refractivity contribution in [3.05, 3.63) is 88.7 Å². The van der Waals surface area contributed by atoms with E-state index >= 15 is 0 Å². The van der Waals surface area contributed by atoms with Crippen LogP contribution in [0.3, 0.4) is 0 Å². The largest absolute Gasteiger partial charge is 0.396 e. The minimum atomic E-state index is -4.21. The molecule has 9 nitrogen and oxygen atoms in total. The quantitative estimate of drug-likeness (QED) is 0.242. The van der Waals surface area contributed by atoms with E-state index in [0.717, 1.165) is 40.2 Å². The first-order chi connectivity index (χ1) is 18.4. The number of sulfonamides is 1. The van der Waals surface area contributed by atoms with E-state index in [1.807, 2.05) is 36.4 Å². The number of aromatic nitrogens is 1. The molecule has 206 valence electrons. The molecular weight excluding hydrogens is 566 g/mol. The second-order valence-electron chi connectivity index (χ2n) is 8.88. The molecule has 4 rings (SSSR count). The standard InChI is InChI=1S/C26H26FN3O6S3/c27-21-8-3-18(4-9-21)16-38(33,34)24(25(32)29-12-14-39(28,35)36)26-30-22-10-7-20(15-23(22)37-26)19-5-1-17(2-6-19)11-13-31/h1-10,15,24,31H,11-14,16H2,(H,29,32)(H2,28,35,36). The summed E-state index contributed by atoms with van der Waals surface area (Å²) in [6, 6.07) is 18.0. The first-order valence-corrected chi connectivity index (χ1v) is 16.0. The van der Waals surface area contributed by atoms with Crippen LogP contribution < -0.4 is 10.5 Å². The van der Waals surface area contributed by atoms with Gasteiger partial charge in [0.25, 0.3) is 0 Å². The highest BCUT2D eigenvalue weighted by Crippen LogP contribution is 2.35. The fourth-order valence-corrected chi connectivity index (χ4v) is 7.51. The summed E-state index contributed by atoms with van der Waals surface area (Å²) in [4.78, 5) is 17.6. The Morgan fingerprint density at radius 3 is 2.26 bits per heavy atom. The maximum absolute atomic E-state index is 13.5. The number of nitrogens with zero attached hydrogens (tertiary/aromatic N) is 1. The average molecular weight is 592 g/mol. The summed E-state index contributed by atoms with van der Waals surface area (Å²) < 4.78 is 63.6. The molecule has 13 heteroatoms. The Morgan fingerprint density at radius 1 is 0.974 bits per heavy atom. The lowest BCUT2D eigenvalue weighted by atomic mass is 10.0. The van der Waals surface area contributed by atoms with Crippen molar-refractivity contribution in [1.82, 2.24) is 10.3 Å². The average Bonchev–Trinajstić information content (AvgIpc) is 3.27. The summed E-state index contributed by atoms with van der Waals surface area (Å²) in [5.74, 6) is -2.58. The van der Waals surface area contributed by atoms with Crippen LogP contribution in [-0.4, -0.2) is 51.7 Å². The minimum absolute atomic E-state index is 0.0238. The third-order valence-corrected chi connectivity index (χ3v) is 9.78. The summed E-state index contributed by atoms with van der Waals surface area (Å²) in [5, 5.41) is 14.8. The minimum Gasteiger partial charge on any atom is -0.396 e. The van der Waals surface area contributed by atoms with Gasteiger partial charge in [0.2, 0.25) is 15.9 Å². The predicted octanol–water partition coefficient (Wildman–Crippen LogP) is 2.70. The molecule has 1 amide bonds. The number of halogens is 1. The van der Waals surface area contributed by atoms with Crippen LogP contribution >= 0.6 is 11.3 Å². The number of benzene rings is 3. The Hall–Kier alpha value is -3.23. The van der Waals surface area contributed by atoms with Gasteiger partial charge in [0.1, 0.15) is 10.8 Å². The lowest BCUT2D eigenvalue weighted by Crippen LogP contribution is -2.37. The zero-order valence-corrected chi connectivity index (χ0v) is 23.0. The Balaban J connectivity index is 1.68. The van der Waals surface area contributed by atoms with Crippen molar-refractivity contribution in [3.63, 3.8) is 0 Å². The van der Waals surface area contributed by atoms with Crippen LogP contribution in [-0.2, 0) is 36.8 Å². The molecule has 0 saturated carbocycles. The van der Waals surface area contributed by atoms with Crippen LogP contribution in [0.15, 0.2) is 66.7 Å². The van der Waals surface area contributed by atoms with Crippen molar-refractivity contribution in [2.75, 3.05) is 18.9 Å². The van der Waals surface area contributed by atoms with Gasteiger partial charge in [-0.25, -0.2) is 31.3 Å². The molecular formula is C26H26FN3O6S3. The van der Waals surface area contributed by atoms with E-state index in [-0.39, 0.29) is 23.7 Å². The highest BCUT2D eigenvalue weighted by molar-refractivity contribution is 7.91. The van der Waals surface area contributed by atoms with Crippen molar-refractivity contribution in [3.8, 4) is 11.1 Å². The SMILES string of the molecule is NS(=O)(=O)CCNC(=O)C(c1nc2ccc(-c3ccc(CCO)cc3)cc2s1)S(=O)(=O)Cc1ccc(F)cc1. The van der Waals surface area contributed by atoms with E-state index in [0.29, 0.717) is 16.6 Å². The van der Waals surface area contributed by atoms with E-state index in [2.05, 4.69) is 10.3 Å². The smallest absolute Gasteiger partial charge is 0.245 e. The predicted molar refractivity (Wildman–Crippen MR) is 149 cm³/mol. The number of carbonyl (C=O) groups excluding carboxylic acids is 1. The Bertz CT molecular complexity index is 1690. The first kappa shape index (κ1) is 28.8. The number of fused-ring (bicyclic) bond motifs is 1. The molecule has 0 aliphatic heterocycles. The Kier molecular flexibility index (Phi) is 8.76. The van der Waals surface area contributed by atoms with Gasteiger partial charge in [0.15, 0.2) is 15.1 Å². The van der Waals surface area contributed by atoms with E-state index in [1.165, 1.54) is 12.1 Å². The topological polar surface area (TPSA) is 157 Å². The number of nitrogens with one attached hydrogen (secondary N) is 1. The van der Waals surface area contributed by atoms with Crippen molar-refractivity contribution in [1.29, 1.82) is 0 Å². The zero-order chi connectivity index (χ0) is 28.2. The monoisotopic (exact) mass is 591 g/mol. The third-order valence-electron chi connectivity index (χ3n) is 5.88. The summed E-state index contributed by atoms with van der Waals surface area (Å²) in [7, 11) is -8.10. The second kappa shape index (κ2) is 11.9. The molecule has 0 fully saturated rings. The number of sulfone groups is 1. The summed E-state index contributed by atoms with van der Waals surface area (Å²) in [5.41, 5.74) is 3.54. The van der Waals surface area contributed by atoms with E-state index in [1.54, 1.807) is 6.07 Å². The van der Waals surface area contributed by atoms with Crippen LogP contribution in [0.25, 0.3) is 21.3 Å². The molecule has 4 N–H and O–H groups in total. The molecule has 4 aromatic rings.